The van der Waals surface area contributed by atoms with E-state index in [1.165, 1.54) is 0 Å². The van der Waals surface area contributed by atoms with E-state index in [1.807, 2.05) is 23.1 Å². The maximum atomic E-state index is 12.5. The topological polar surface area (TPSA) is 90.6 Å². The molecule has 0 spiro atoms. The summed E-state index contributed by atoms with van der Waals surface area (Å²) in [5.74, 6) is 0.421. The summed E-state index contributed by atoms with van der Waals surface area (Å²) >= 11 is 0. The minimum absolute atomic E-state index is 0.140. The lowest BCUT2D eigenvalue weighted by Crippen LogP contribution is -2.40. The van der Waals surface area contributed by atoms with Gasteiger partial charge in [0, 0.05) is 48.2 Å². The average molecular weight is 310 g/mol. The second kappa shape index (κ2) is 5.83. The Morgan fingerprint density at radius 1 is 1.30 bits per heavy atom. The van der Waals surface area contributed by atoms with Gasteiger partial charge in [-0.05, 0) is 31.0 Å². The van der Waals surface area contributed by atoms with Crippen molar-refractivity contribution in [2.24, 2.45) is 0 Å². The van der Waals surface area contributed by atoms with Crippen LogP contribution in [0.2, 0.25) is 0 Å². The van der Waals surface area contributed by atoms with Gasteiger partial charge in [-0.15, -0.1) is 0 Å². The minimum atomic E-state index is 0.140. The Kier molecular flexibility index (Phi) is 3.53. The number of nitrogens with one attached hydrogen (secondary N) is 2. The van der Waals surface area contributed by atoms with Crippen molar-refractivity contribution in [3.8, 4) is 0 Å². The second-order valence-corrected chi connectivity index (χ2v) is 5.95. The Morgan fingerprint density at radius 2 is 2.26 bits per heavy atom. The first-order valence-corrected chi connectivity index (χ1v) is 7.86. The van der Waals surface area contributed by atoms with Crippen molar-refractivity contribution in [3.63, 3.8) is 0 Å². The molecule has 7 heteroatoms. The summed E-state index contributed by atoms with van der Waals surface area (Å²) in [6.45, 7) is 1.53. The fraction of sp³-hybridized carbons (Fsp3) is 0.375. The normalized spacial score (nSPS) is 18.4. The van der Waals surface area contributed by atoms with Crippen LogP contribution in [0.5, 0.6) is 0 Å². The predicted molar refractivity (Wildman–Crippen MR) is 84.7 cm³/mol. The zero-order chi connectivity index (χ0) is 15.6. The molecule has 1 unspecified atom stereocenters. The highest BCUT2D eigenvalue weighted by Crippen LogP contribution is 2.30. The number of carbonyl (C=O) groups is 1. The minimum Gasteiger partial charge on any atom is -0.342 e. The molecule has 1 atom stereocenters. The van der Waals surface area contributed by atoms with Gasteiger partial charge in [0.1, 0.15) is 0 Å². The third-order valence-electron chi connectivity index (χ3n) is 4.44. The van der Waals surface area contributed by atoms with E-state index in [4.69, 9.17) is 0 Å². The standard InChI is InChI=1S/C16H18N6O/c23-14(9-12-5-7-18-19-12)22-8-2-3-11(10-22)15-13-4-1-6-17-16(13)21-20-15/h1,4-7,11H,2-3,8-10H2,(H,18,19)(H,17,20,21). The van der Waals surface area contributed by atoms with Gasteiger partial charge in [-0.1, -0.05) is 0 Å². The molecule has 0 bridgehead atoms. The van der Waals surface area contributed by atoms with Crippen LogP contribution in [-0.4, -0.2) is 49.3 Å². The van der Waals surface area contributed by atoms with Crippen LogP contribution < -0.4 is 0 Å². The highest BCUT2D eigenvalue weighted by molar-refractivity contribution is 5.80. The summed E-state index contributed by atoms with van der Waals surface area (Å²) in [6, 6.07) is 5.80. The molecule has 1 amide bonds. The van der Waals surface area contributed by atoms with E-state index in [-0.39, 0.29) is 11.8 Å². The highest BCUT2D eigenvalue weighted by atomic mass is 16.2. The molecule has 1 fully saturated rings. The average Bonchev–Trinajstić information content (AvgIpc) is 3.24. The van der Waals surface area contributed by atoms with Gasteiger partial charge >= 0.3 is 0 Å². The van der Waals surface area contributed by atoms with Crippen molar-refractivity contribution >= 4 is 16.9 Å². The molecule has 4 rings (SSSR count). The number of carbonyl (C=O) groups excluding carboxylic acids is 1. The molecule has 2 N–H and O–H groups in total. The number of nitrogens with zero attached hydrogens (tertiary/aromatic N) is 4. The fourth-order valence-corrected chi connectivity index (χ4v) is 3.28. The molecule has 7 nitrogen and oxygen atoms in total. The maximum absolute atomic E-state index is 12.5. The first-order valence-electron chi connectivity index (χ1n) is 7.86. The van der Waals surface area contributed by atoms with Gasteiger partial charge in [0.25, 0.3) is 0 Å². The summed E-state index contributed by atoms with van der Waals surface area (Å²) in [6.07, 6.45) is 5.84. The molecule has 23 heavy (non-hydrogen) atoms. The van der Waals surface area contributed by atoms with Crippen molar-refractivity contribution < 1.29 is 4.79 Å². The molecule has 3 aromatic rings. The van der Waals surface area contributed by atoms with Gasteiger partial charge < -0.3 is 4.90 Å². The van der Waals surface area contributed by atoms with E-state index in [2.05, 4.69) is 25.4 Å². The molecule has 1 aliphatic rings. The first kappa shape index (κ1) is 13.9. The molecule has 3 aromatic heterocycles. The fourth-order valence-electron chi connectivity index (χ4n) is 3.28. The molecule has 118 valence electrons. The van der Waals surface area contributed by atoms with Crippen LogP contribution in [0.1, 0.15) is 30.1 Å². The molecule has 0 aliphatic carbocycles. The third kappa shape index (κ3) is 2.69. The number of piperidine rings is 1. The zero-order valence-corrected chi connectivity index (χ0v) is 12.7. The summed E-state index contributed by atoms with van der Waals surface area (Å²) in [5.41, 5.74) is 2.68. The smallest absolute Gasteiger partial charge is 0.228 e. The number of rotatable bonds is 3. The van der Waals surface area contributed by atoms with Gasteiger partial charge in [-0.2, -0.15) is 10.2 Å². The molecule has 1 saturated heterocycles. The lowest BCUT2D eigenvalue weighted by atomic mass is 9.93. The number of aromatic nitrogens is 5. The van der Waals surface area contributed by atoms with Crippen molar-refractivity contribution in [2.45, 2.75) is 25.2 Å². The number of hydrogen-bond donors (Lipinski definition) is 2. The number of amides is 1. The number of aromatic amines is 2. The number of pyridine rings is 1. The molecule has 0 radical (unpaired) electrons. The van der Waals surface area contributed by atoms with Crippen LogP contribution in [0.4, 0.5) is 0 Å². The van der Waals surface area contributed by atoms with Gasteiger partial charge in [0.2, 0.25) is 5.91 Å². The van der Waals surface area contributed by atoms with E-state index >= 15 is 0 Å². The largest absolute Gasteiger partial charge is 0.342 e. The van der Waals surface area contributed by atoms with Gasteiger partial charge in [0.15, 0.2) is 5.65 Å². The number of hydrogen-bond acceptors (Lipinski definition) is 4. The Bertz CT molecular complexity index is 809. The van der Waals surface area contributed by atoms with E-state index in [0.29, 0.717) is 6.42 Å². The Labute approximate surface area is 133 Å². The van der Waals surface area contributed by atoms with Gasteiger partial charge in [-0.25, -0.2) is 4.98 Å². The Hall–Kier alpha value is -2.70. The molecule has 0 saturated carbocycles. The molecular formula is C16H18N6O. The maximum Gasteiger partial charge on any atom is 0.228 e. The molecule has 4 heterocycles. The van der Waals surface area contributed by atoms with Crippen LogP contribution in [0.25, 0.3) is 11.0 Å². The molecular weight excluding hydrogens is 292 g/mol. The van der Waals surface area contributed by atoms with E-state index < -0.39 is 0 Å². The monoisotopic (exact) mass is 310 g/mol. The lowest BCUT2D eigenvalue weighted by Gasteiger charge is -2.32. The van der Waals surface area contributed by atoms with Crippen molar-refractivity contribution in [1.29, 1.82) is 0 Å². The lowest BCUT2D eigenvalue weighted by molar-refractivity contribution is -0.131. The van der Waals surface area contributed by atoms with Crippen LogP contribution >= 0.6 is 0 Å². The van der Waals surface area contributed by atoms with E-state index in [0.717, 1.165) is 48.4 Å². The SMILES string of the molecule is O=C(Cc1ccn[nH]1)N1CCCC(c2[nH]nc3ncccc23)C1. The van der Waals surface area contributed by atoms with E-state index in [1.54, 1.807) is 12.4 Å². The summed E-state index contributed by atoms with van der Waals surface area (Å²) in [7, 11) is 0. The quantitative estimate of drug-likeness (QED) is 0.769. The Morgan fingerprint density at radius 3 is 3.13 bits per heavy atom. The number of fused-ring (bicyclic) bond motifs is 1. The number of likely N-dealkylation sites (tertiary alicyclic amines) is 1. The second-order valence-electron chi connectivity index (χ2n) is 5.95. The van der Waals surface area contributed by atoms with Crippen LogP contribution in [0.15, 0.2) is 30.6 Å². The van der Waals surface area contributed by atoms with Crippen molar-refractivity contribution in [1.82, 2.24) is 30.3 Å². The Balaban J connectivity index is 1.51. The van der Waals surface area contributed by atoms with Gasteiger partial charge in [-0.3, -0.25) is 15.0 Å². The molecule has 0 aromatic carbocycles. The van der Waals surface area contributed by atoms with E-state index in [9.17, 15) is 4.79 Å². The summed E-state index contributed by atoms with van der Waals surface area (Å²) < 4.78 is 0. The third-order valence-corrected chi connectivity index (χ3v) is 4.44. The highest BCUT2D eigenvalue weighted by Gasteiger charge is 2.27. The van der Waals surface area contributed by atoms with Gasteiger partial charge in [0.05, 0.1) is 6.42 Å². The predicted octanol–water partition coefficient (Wildman–Crippen LogP) is 1.63. The zero-order valence-electron chi connectivity index (χ0n) is 12.7. The number of H-pyrrole nitrogens is 2. The van der Waals surface area contributed by atoms with Crippen LogP contribution in [-0.2, 0) is 11.2 Å². The van der Waals surface area contributed by atoms with Crippen LogP contribution in [0.3, 0.4) is 0 Å². The van der Waals surface area contributed by atoms with Crippen molar-refractivity contribution in [3.05, 3.63) is 42.0 Å². The first-order chi connectivity index (χ1) is 11.3. The molecule has 1 aliphatic heterocycles. The summed E-state index contributed by atoms with van der Waals surface area (Å²) in [4.78, 5) is 18.7. The van der Waals surface area contributed by atoms with Crippen LogP contribution in [0, 0.1) is 0 Å². The summed E-state index contributed by atoms with van der Waals surface area (Å²) in [5, 5.41) is 15.2. The van der Waals surface area contributed by atoms with Crippen molar-refractivity contribution in [2.75, 3.05) is 13.1 Å².